The Morgan fingerprint density at radius 1 is 0.774 bits per heavy atom. The van der Waals surface area contributed by atoms with E-state index < -0.39 is 5.91 Å². The molecule has 5 nitrogen and oxygen atoms in total. The lowest BCUT2D eigenvalue weighted by Gasteiger charge is -2.17. The molecule has 0 aliphatic carbocycles. The van der Waals surface area contributed by atoms with Gasteiger partial charge in [0.2, 0.25) is 5.91 Å². The molecule has 0 aromatic carbocycles. The fraction of sp³-hybridized carbons (Fsp3) is 0.960. The molecule has 31 heavy (non-hydrogen) atoms. The van der Waals surface area contributed by atoms with Gasteiger partial charge in [0.25, 0.3) is 0 Å². The van der Waals surface area contributed by atoms with Gasteiger partial charge in [-0.1, -0.05) is 104 Å². The highest BCUT2D eigenvalue weighted by Crippen LogP contribution is 2.15. The van der Waals surface area contributed by atoms with Crippen LogP contribution in [0.15, 0.2) is 0 Å². The van der Waals surface area contributed by atoms with Crippen molar-refractivity contribution in [3.8, 4) is 0 Å². The third-order valence-corrected chi connectivity index (χ3v) is 5.53. The summed E-state index contributed by atoms with van der Waals surface area (Å²) in [7, 11) is 0. The van der Waals surface area contributed by atoms with Crippen LogP contribution < -0.4 is 5.32 Å². The normalized spacial score (nSPS) is 12.7. The molecule has 0 heterocycles. The third-order valence-electron chi connectivity index (χ3n) is 5.53. The highest BCUT2D eigenvalue weighted by Gasteiger charge is 2.12. The van der Waals surface area contributed by atoms with Crippen LogP contribution >= 0.6 is 12.4 Å². The summed E-state index contributed by atoms with van der Waals surface area (Å²) in [6, 6.07) is 0. The van der Waals surface area contributed by atoms with Crippen LogP contribution in [-0.4, -0.2) is 41.7 Å². The summed E-state index contributed by atoms with van der Waals surface area (Å²) in [4.78, 5) is 11.1. The first-order valence-electron chi connectivity index (χ1n) is 12.6. The summed E-state index contributed by atoms with van der Waals surface area (Å²) >= 11 is 0. The van der Waals surface area contributed by atoms with Crippen LogP contribution in [0.25, 0.3) is 0 Å². The molecule has 0 aromatic heterocycles. The molecule has 6 heteroatoms. The fourth-order valence-corrected chi connectivity index (χ4v) is 3.67. The van der Waals surface area contributed by atoms with E-state index in [1.807, 2.05) is 0 Å². The van der Waals surface area contributed by atoms with E-state index in [4.69, 9.17) is 14.9 Å². The van der Waals surface area contributed by atoms with Gasteiger partial charge in [-0.2, -0.15) is 0 Å². The van der Waals surface area contributed by atoms with Crippen LogP contribution in [0.5, 0.6) is 0 Å². The predicted octanol–water partition coefficient (Wildman–Crippen LogP) is 6.14. The molecule has 188 valence electrons. The lowest BCUT2D eigenvalue weighted by molar-refractivity contribution is -0.169. The molecular formula is C25H52ClNO4. The predicted molar refractivity (Wildman–Crippen MR) is 133 cm³/mol. The maximum absolute atomic E-state index is 11.1. The van der Waals surface area contributed by atoms with Gasteiger partial charge in [-0.15, -0.1) is 12.4 Å². The Balaban J connectivity index is 0. The summed E-state index contributed by atoms with van der Waals surface area (Å²) in [5.74, 6) is -0.993. The highest BCUT2D eigenvalue weighted by atomic mass is 35.5. The van der Waals surface area contributed by atoms with Gasteiger partial charge in [-0.3, -0.25) is 5.32 Å². The lowest BCUT2D eigenvalue weighted by atomic mass is 10.0. The molecule has 1 unspecified atom stereocenters. The topological polar surface area (TPSA) is 78.8 Å². The van der Waals surface area contributed by atoms with Gasteiger partial charge in [0.15, 0.2) is 0 Å². The first-order chi connectivity index (χ1) is 14.3. The van der Waals surface area contributed by atoms with Gasteiger partial charge in [0, 0.05) is 20.1 Å². The van der Waals surface area contributed by atoms with Gasteiger partial charge >= 0.3 is 0 Å². The number of rotatable bonds is 23. The number of carbonyl (C=O) groups is 1. The molecule has 0 aliphatic rings. The molecular weight excluding hydrogens is 414 g/mol. The van der Waals surface area contributed by atoms with Gasteiger partial charge < -0.3 is 19.7 Å². The first kappa shape index (κ1) is 33.0. The second-order valence-electron chi connectivity index (χ2n) is 9.41. The largest absolute Gasteiger partial charge is 0.371 e. The summed E-state index contributed by atoms with van der Waals surface area (Å²) in [6.07, 6.45) is 20.6. The highest BCUT2D eigenvalue weighted by molar-refractivity contribution is 5.85. The van der Waals surface area contributed by atoms with Gasteiger partial charge in [-0.25, -0.2) is 0 Å². The second-order valence-corrected chi connectivity index (χ2v) is 9.41. The number of hydrogen-bond donors (Lipinski definition) is 3. The van der Waals surface area contributed by atoms with E-state index in [9.17, 15) is 4.79 Å². The molecule has 0 fully saturated rings. The first-order valence-corrected chi connectivity index (χ1v) is 12.6. The molecule has 0 spiro atoms. The Labute approximate surface area is 198 Å². The van der Waals surface area contributed by atoms with Crippen LogP contribution in [0.3, 0.4) is 0 Å². The number of halogens is 1. The summed E-state index contributed by atoms with van der Waals surface area (Å²) in [6.45, 7) is 6.79. The number of ether oxygens (including phenoxy) is 1. The van der Waals surface area contributed by atoms with E-state index >= 15 is 0 Å². The summed E-state index contributed by atoms with van der Waals surface area (Å²) in [5, 5.41) is 20.8. The summed E-state index contributed by atoms with van der Waals surface area (Å²) in [5.41, 5.74) is 0. The van der Waals surface area contributed by atoms with Gasteiger partial charge in [0.05, 0.1) is 0 Å². The quantitative estimate of drug-likeness (QED) is 0.0959. The van der Waals surface area contributed by atoms with E-state index in [-0.39, 0.29) is 18.5 Å². The second kappa shape index (κ2) is 23.0. The number of hydrogen-bond acceptors (Lipinski definition) is 5. The van der Waals surface area contributed by atoms with Gasteiger partial charge in [-0.05, 0) is 18.8 Å². The molecule has 0 rings (SSSR count). The number of carbonyl (C=O) groups excluding carboxylic acids is 1. The Bertz CT molecular complexity index is 375. The molecule has 0 bridgehead atoms. The van der Waals surface area contributed by atoms with Crippen LogP contribution in [0.2, 0.25) is 0 Å². The minimum atomic E-state index is -1.85. The molecule has 0 aromatic rings. The van der Waals surface area contributed by atoms with Crippen molar-refractivity contribution < 1.29 is 19.7 Å². The molecule has 3 N–H and O–H groups in total. The maximum Gasteiger partial charge on any atom is 0.219 e. The van der Waals surface area contributed by atoms with Crippen molar-refractivity contribution in [2.45, 2.75) is 136 Å². The smallest absolute Gasteiger partial charge is 0.219 e. The summed E-state index contributed by atoms with van der Waals surface area (Å²) < 4.78 is 5.56. The molecule has 0 amide bonds. The SMILES string of the molecule is CC(C)CCCCCCCCCCCCCCCC(C=O)OCCCNC(C)(O)O.Cl. The van der Waals surface area contributed by atoms with Crippen molar-refractivity contribution in [3.63, 3.8) is 0 Å². The molecule has 0 saturated carbocycles. The van der Waals surface area contributed by atoms with Crippen molar-refractivity contribution in [2.24, 2.45) is 5.92 Å². The maximum atomic E-state index is 11.1. The zero-order valence-electron chi connectivity index (χ0n) is 20.6. The Hall–Kier alpha value is -0.200. The van der Waals surface area contributed by atoms with E-state index in [0.717, 1.165) is 25.0 Å². The number of aldehydes is 1. The van der Waals surface area contributed by atoms with E-state index in [1.54, 1.807) is 0 Å². The average molecular weight is 466 g/mol. The number of unbranched alkanes of at least 4 members (excludes halogenated alkanes) is 12. The average Bonchev–Trinajstić information content (AvgIpc) is 2.67. The molecule has 1 atom stereocenters. The van der Waals surface area contributed by atoms with Crippen LogP contribution in [0.1, 0.15) is 124 Å². The van der Waals surface area contributed by atoms with Crippen LogP contribution in [0.4, 0.5) is 0 Å². The van der Waals surface area contributed by atoms with E-state index in [2.05, 4.69) is 19.2 Å². The van der Waals surface area contributed by atoms with Crippen molar-refractivity contribution in [1.29, 1.82) is 0 Å². The Morgan fingerprint density at radius 3 is 1.58 bits per heavy atom. The molecule has 0 saturated heterocycles. The van der Waals surface area contributed by atoms with Crippen molar-refractivity contribution in [3.05, 3.63) is 0 Å². The van der Waals surface area contributed by atoms with Crippen molar-refractivity contribution >= 4 is 18.7 Å². The lowest BCUT2D eigenvalue weighted by Crippen LogP contribution is -2.42. The van der Waals surface area contributed by atoms with E-state index in [0.29, 0.717) is 19.6 Å². The standard InChI is InChI=1S/C25H51NO4.ClH/c1-23(2)18-15-13-11-9-7-5-4-6-8-10-12-14-16-19-24(22-27)30-21-17-20-26-25(3,28)29;/h22-24,26,28-29H,4-21H2,1-3H3;1H. The third kappa shape index (κ3) is 27.8. The zero-order chi connectivity index (χ0) is 22.5. The number of nitrogens with one attached hydrogen (secondary N) is 1. The Morgan fingerprint density at radius 2 is 1.19 bits per heavy atom. The molecule has 0 aliphatic heterocycles. The Kier molecular flexibility index (Phi) is 24.4. The molecule has 0 radical (unpaired) electrons. The van der Waals surface area contributed by atoms with Gasteiger partial charge in [0.1, 0.15) is 12.4 Å². The van der Waals surface area contributed by atoms with Crippen LogP contribution in [0, 0.1) is 5.92 Å². The minimum absolute atomic E-state index is 0. The monoisotopic (exact) mass is 465 g/mol. The zero-order valence-corrected chi connectivity index (χ0v) is 21.4. The van der Waals surface area contributed by atoms with Crippen molar-refractivity contribution in [2.75, 3.05) is 13.2 Å². The fourth-order valence-electron chi connectivity index (χ4n) is 3.67. The minimum Gasteiger partial charge on any atom is -0.371 e. The van der Waals surface area contributed by atoms with Crippen molar-refractivity contribution in [1.82, 2.24) is 5.32 Å². The van der Waals surface area contributed by atoms with E-state index in [1.165, 1.54) is 90.4 Å². The van der Waals surface area contributed by atoms with Crippen LogP contribution in [-0.2, 0) is 9.53 Å². The number of aliphatic hydroxyl groups is 2.